The smallest absolute Gasteiger partial charge is 0.252 e. The number of anilines is 7. The molecule has 2 fully saturated rings. The van der Waals surface area contributed by atoms with Crippen molar-refractivity contribution in [3.8, 4) is 33.4 Å². The van der Waals surface area contributed by atoms with Crippen molar-refractivity contribution in [2.75, 3.05) is 14.7 Å². The van der Waals surface area contributed by atoms with Crippen molar-refractivity contribution in [3.05, 3.63) is 229 Å². The summed E-state index contributed by atoms with van der Waals surface area (Å²) < 4.78 is 0. The third-order valence-corrected chi connectivity index (χ3v) is 19.5. The van der Waals surface area contributed by atoms with Crippen LogP contribution in [-0.4, -0.2) is 17.8 Å². The van der Waals surface area contributed by atoms with Crippen LogP contribution in [0.15, 0.2) is 212 Å². The molecule has 0 saturated heterocycles. The average molecular weight is 942 g/mol. The summed E-state index contributed by atoms with van der Waals surface area (Å²) in [7, 11) is 0. The average Bonchev–Trinajstić information content (AvgIpc) is 3.84. The number of rotatable bonds is 6. The lowest BCUT2D eigenvalue weighted by Gasteiger charge is -2.54. The molecule has 73 heavy (non-hydrogen) atoms. The number of nitrogens with zero attached hydrogens (tertiary/aromatic N) is 3. The zero-order valence-electron chi connectivity index (χ0n) is 42.3. The third kappa shape index (κ3) is 5.78. The maximum absolute atomic E-state index is 2.93. The van der Waals surface area contributed by atoms with E-state index < -0.39 is 0 Å². The van der Waals surface area contributed by atoms with Crippen molar-refractivity contribution in [1.82, 2.24) is 0 Å². The maximum atomic E-state index is 2.93. The molecule has 4 heterocycles. The predicted molar refractivity (Wildman–Crippen MR) is 308 cm³/mol. The molecule has 6 aliphatic rings. The summed E-state index contributed by atoms with van der Waals surface area (Å²) in [6.07, 6.45) is 9.43. The van der Waals surface area contributed by atoms with Crippen molar-refractivity contribution in [3.63, 3.8) is 0 Å². The van der Waals surface area contributed by atoms with Crippen molar-refractivity contribution in [2.24, 2.45) is 0 Å². The third-order valence-electron chi connectivity index (χ3n) is 19.5. The Morgan fingerprint density at radius 2 is 0.918 bits per heavy atom. The standard InChI is InChI=1S/C69H60BN3/c1-66-38-18-19-39-67(66,2)73-63-46-55(72-60-31-17-16-30-56(60)69(53-28-14-7-15-29-53)41-21-20-40-68(69,72)3)45-62-64(63)70(59-44-52(42-57(66)65(59)73)49-26-12-6-13-27-49)58-43-51(48-24-10-5-11-25-48)34-37-61(58)71(62)54-35-32-50(33-36-54)47-22-8-4-9-23-47/h4-17,22-37,42-46H,18-21,38-41H2,1-3H3. The van der Waals surface area contributed by atoms with Gasteiger partial charge in [0, 0.05) is 50.6 Å². The van der Waals surface area contributed by atoms with E-state index in [-0.39, 0.29) is 28.6 Å². The molecular weight excluding hydrogens is 882 g/mol. The van der Waals surface area contributed by atoms with E-state index in [1.165, 1.54) is 138 Å². The zero-order chi connectivity index (χ0) is 48.7. The molecule has 9 aromatic rings. The molecule has 9 aromatic carbocycles. The van der Waals surface area contributed by atoms with Crippen LogP contribution in [0.4, 0.5) is 39.8 Å². The first-order valence-corrected chi connectivity index (χ1v) is 27.1. The molecule has 4 atom stereocenters. The Labute approximate surface area is 431 Å². The van der Waals surface area contributed by atoms with Crippen LogP contribution in [0.25, 0.3) is 33.4 Å². The maximum Gasteiger partial charge on any atom is 0.252 e. The first-order chi connectivity index (χ1) is 35.8. The normalized spacial score (nSPS) is 23.8. The molecule has 3 nitrogen and oxygen atoms in total. The highest BCUT2D eigenvalue weighted by molar-refractivity contribution is 7.00. The fraction of sp³-hybridized carbons (Fsp3) is 0.217. The Hall–Kier alpha value is -7.56. The van der Waals surface area contributed by atoms with Crippen LogP contribution in [-0.2, 0) is 10.8 Å². The first-order valence-electron chi connectivity index (χ1n) is 27.1. The van der Waals surface area contributed by atoms with Crippen molar-refractivity contribution >= 4 is 62.9 Å². The van der Waals surface area contributed by atoms with E-state index in [0.717, 1.165) is 19.3 Å². The summed E-state index contributed by atoms with van der Waals surface area (Å²) in [6.45, 7) is 7.87. The molecule has 4 heteroatoms. The van der Waals surface area contributed by atoms with Crippen LogP contribution < -0.4 is 31.1 Å². The van der Waals surface area contributed by atoms with Gasteiger partial charge in [-0.25, -0.2) is 0 Å². The van der Waals surface area contributed by atoms with Crippen molar-refractivity contribution in [1.29, 1.82) is 0 Å². The second-order valence-corrected chi connectivity index (χ2v) is 22.8. The Bertz CT molecular complexity index is 3650. The van der Waals surface area contributed by atoms with Gasteiger partial charge in [0.05, 0.1) is 11.1 Å². The fourth-order valence-electron chi connectivity index (χ4n) is 15.9. The van der Waals surface area contributed by atoms with Crippen LogP contribution in [0.2, 0.25) is 0 Å². The summed E-state index contributed by atoms with van der Waals surface area (Å²) >= 11 is 0. The van der Waals surface area contributed by atoms with E-state index in [2.05, 4.69) is 248 Å². The summed E-state index contributed by atoms with van der Waals surface area (Å²) in [6, 6.07) is 81.5. The summed E-state index contributed by atoms with van der Waals surface area (Å²) in [4.78, 5) is 8.43. The van der Waals surface area contributed by atoms with Gasteiger partial charge in [0.1, 0.15) is 0 Å². The molecule has 0 N–H and O–H groups in total. The first kappa shape index (κ1) is 43.1. The highest BCUT2D eigenvalue weighted by atomic mass is 15.3. The molecule has 15 rings (SSSR count). The zero-order valence-corrected chi connectivity index (χ0v) is 42.3. The van der Waals surface area contributed by atoms with Gasteiger partial charge < -0.3 is 14.7 Å². The van der Waals surface area contributed by atoms with E-state index in [9.17, 15) is 0 Å². The Morgan fingerprint density at radius 3 is 1.63 bits per heavy atom. The van der Waals surface area contributed by atoms with Gasteiger partial charge in [0.2, 0.25) is 0 Å². The minimum Gasteiger partial charge on any atom is -0.335 e. The van der Waals surface area contributed by atoms with Gasteiger partial charge in [0.25, 0.3) is 6.71 Å². The largest absolute Gasteiger partial charge is 0.335 e. The monoisotopic (exact) mass is 941 g/mol. The number of hydrogen-bond acceptors (Lipinski definition) is 3. The number of benzene rings is 9. The minimum atomic E-state index is -0.216. The van der Waals surface area contributed by atoms with Crippen molar-refractivity contribution < 1.29 is 0 Å². The molecule has 4 aliphatic heterocycles. The summed E-state index contributed by atoms with van der Waals surface area (Å²) in [5.41, 5.74) is 24.8. The molecule has 2 aliphatic carbocycles. The number of para-hydroxylation sites is 1. The van der Waals surface area contributed by atoms with E-state index in [1.807, 2.05) is 0 Å². The molecule has 4 unspecified atom stereocenters. The van der Waals surface area contributed by atoms with Gasteiger partial charge in [-0.15, -0.1) is 0 Å². The Morgan fingerprint density at radius 1 is 0.370 bits per heavy atom. The molecule has 354 valence electrons. The SMILES string of the molecule is CC12CCCCC1(C)N1c3cc(N4c5ccccc5C5(c6ccccc6)CCCCC45C)cc4c3B(c3cc(-c5ccccc5)ccc3N4c3ccc(-c4ccccc4)cc3)c3cc(-c4ccccc4)cc2c31. The molecule has 0 radical (unpaired) electrons. The number of fused-ring (bicyclic) bond motifs is 10. The lowest BCUT2D eigenvalue weighted by Crippen LogP contribution is -2.64. The Balaban J connectivity index is 1.06. The van der Waals surface area contributed by atoms with Crippen LogP contribution in [0, 0.1) is 0 Å². The fourth-order valence-corrected chi connectivity index (χ4v) is 15.9. The highest BCUT2D eigenvalue weighted by Gasteiger charge is 2.64. The predicted octanol–water partition coefficient (Wildman–Crippen LogP) is 15.8. The quantitative estimate of drug-likeness (QED) is 0.154. The van der Waals surface area contributed by atoms with E-state index in [4.69, 9.17) is 0 Å². The topological polar surface area (TPSA) is 9.72 Å². The lowest BCUT2D eigenvalue weighted by atomic mass is 9.33. The molecule has 0 aromatic heterocycles. The molecular formula is C69H60BN3. The molecule has 0 amide bonds. The highest BCUT2D eigenvalue weighted by Crippen LogP contribution is 2.66. The van der Waals surface area contributed by atoms with Crippen LogP contribution in [0.1, 0.15) is 88.8 Å². The van der Waals surface area contributed by atoms with Gasteiger partial charge in [-0.2, -0.15) is 0 Å². The van der Waals surface area contributed by atoms with E-state index in [1.54, 1.807) is 0 Å². The van der Waals surface area contributed by atoms with Gasteiger partial charge in [0.15, 0.2) is 0 Å². The van der Waals surface area contributed by atoms with Crippen LogP contribution in [0.5, 0.6) is 0 Å². The second-order valence-electron chi connectivity index (χ2n) is 22.8. The summed E-state index contributed by atoms with van der Waals surface area (Å²) in [5, 5.41) is 0. The molecule has 0 spiro atoms. The number of hydrogen-bond donors (Lipinski definition) is 0. The summed E-state index contributed by atoms with van der Waals surface area (Å²) in [5.74, 6) is 0. The lowest BCUT2D eigenvalue weighted by molar-refractivity contribution is 0.195. The minimum absolute atomic E-state index is 0.00175. The van der Waals surface area contributed by atoms with Crippen molar-refractivity contribution in [2.45, 2.75) is 94.0 Å². The van der Waals surface area contributed by atoms with Gasteiger partial charge >= 0.3 is 0 Å². The van der Waals surface area contributed by atoms with E-state index in [0.29, 0.717) is 0 Å². The Kier molecular flexibility index (Phi) is 9.28. The molecule has 0 bridgehead atoms. The second kappa shape index (κ2) is 15.7. The van der Waals surface area contributed by atoms with Gasteiger partial charge in [-0.1, -0.05) is 202 Å². The van der Waals surface area contributed by atoms with Crippen LogP contribution >= 0.6 is 0 Å². The molecule has 2 saturated carbocycles. The van der Waals surface area contributed by atoms with Crippen LogP contribution in [0.3, 0.4) is 0 Å². The van der Waals surface area contributed by atoms with Gasteiger partial charge in [-0.05, 0) is 148 Å². The van der Waals surface area contributed by atoms with E-state index >= 15 is 0 Å². The van der Waals surface area contributed by atoms with Gasteiger partial charge in [-0.3, -0.25) is 0 Å².